The zero-order valence-corrected chi connectivity index (χ0v) is 14.6. The Kier molecular flexibility index (Phi) is 5.96. The van der Waals surface area contributed by atoms with Gasteiger partial charge in [0.2, 0.25) is 0 Å². The second-order valence-electron chi connectivity index (χ2n) is 6.06. The maximum absolute atomic E-state index is 13.8. The molecular formula is C16H19Cl2FN4O. The fourth-order valence-electron chi connectivity index (χ4n) is 3.50. The zero-order chi connectivity index (χ0) is 15.1. The van der Waals surface area contributed by atoms with Crippen molar-refractivity contribution < 1.29 is 9.18 Å². The fourth-order valence-corrected chi connectivity index (χ4v) is 3.50. The molecule has 2 bridgehead atoms. The van der Waals surface area contributed by atoms with E-state index in [1.807, 2.05) is 4.90 Å². The van der Waals surface area contributed by atoms with E-state index in [-0.39, 0.29) is 30.7 Å². The van der Waals surface area contributed by atoms with Gasteiger partial charge in [-0.15, -0.1) is 24.8 Å². The molecule has 2 aliphatic heterocycles. The summed E-state index contributed by atoms with van der Waals surface area (Å²) < 4.78 is 13.8. The van der Waals surface area contributed by atoms with Crippen molar-refractivity contribution in [1.82, 2.24) is 20.2 Å². The van der Waals surface area contributed by atoms with Crippen LogP contribution in [-0.2, 0) is 0 Å². The highest BCUT2D eigenvalue weighted by molar-refractivity contribution is 6.04. The van der Waals surface area contributed by atoms with Crippen LogP contribution in [0.15, 0.2) is 24.5 Å². The summed E-state index contributed by atoms with van der Waals surface area (Å²) in [5, 5.41) is 3.54. The summed E-state index contributed by atoms with van der Waals surface area (Å²) in [6, 6.07) is 3.44. The minimum Gasteiger partial charge on any atom is -0.337 e. The molecule has 1 aromatic heterocycles. The van der Waals surface area contributed by atoms with E-state index in [0.717, 1.165) is 12.8 Å². The molecule has 0 spiro atoms. The first kappa shape index (κ1) is 18.8. The highest BCUT2D eigenvalue weighted by Gasteiger charge is 2.32. The number of likely N-dealkylation sites (tertiary alicyclic amines) is 1. The largest absolute Gasteiger partial charge is 0.337 e. The Balaban J connectivity index is 0.00000104. The molecule has 3 heterocycles. The first-order valence-corrected chi connectivity index (χ1v) is 7.66. The quantitative estimate of drug-likeness (QED) is 0.835. The van der Waals surface area contributed by atoms with Crippen LogP contribution in [0, 0.1) is 5.82 Å². The molecule has 1 aromatic carbocycles. The third-order valence-corrected chi connectivity index (χ3v) is 4.58. The van der Waals surface area contributed by atoms with Gasteiger partial charge in [0, 0.05) is 43.6 Å². The van der Waals surface area contributed by atoms with E-state index >= 15 is 0 Å². The van der Waals surface area contributed by atoms with Gasteiger partial charge in [-0.2, -0.15) is 0 Å². The van der Waals surface area contributed by atoms with Crippen molar-refractivity contribution in [3.63, 3.8) is 0 Å². The number of hydrogen-bond donors (Lipinski definition) is 1. The van der Waals surface area contributed by atoms with Crippen molar-refractivity contribution in [2.24, 2.45) is 0 Å². The molecule has 2 saturated heterocycles. The molecule has 1 N–H and O–H groups in total. The summed E-state index contributed by atoms with van der Waals surface area (Å²) in [6.07, 6.45) is 6.26. The number of carbonyl (C=O) groups excluding carboxylic acids is 1. The van der Waals surface area contributed by atoms with Gasteiger partial charge >= 0.3 is 0 Å². The van der Waals surface area contributed by atoms with E-state index in [0.29, 0.717) is 41.8 Å². The Labute approximate surface area is 151 Å². The lowest BCUT2D eigenvalue weighted by Crippen LogP contribution is -2.39. The molecule has 2 fully saturated rings. The van der Waals surface area contributed by atoms with E-state index < -0.39 is 5.82 Å². The third kappa shape index (κ3) is 3.45. The summed E-state index contributed by atoms with van der Waals surface area (Å²) in [5.74, 6) is -0.606. The lowest BCUT2D eigenvalue weighted by atomic mass is 10.1. The molecule has 130 valence electrons. The lowest BCUT2D eigenvalue weighted by molar-refractivity contribution is 0.0749. The predicted octanol–water partition coefficient (Wildman–Crippen LogP) is 2.58. The van der Waals surface area contributed by atoms with Crippen LogP contribution in [0.2, 0.25) is 0 Å². The second kappa shape index (κ2) is 7.59. The van der Waals surface area contributed by atoms with Gasteiger partial charge in [-0.3, -0.25) is 14.8 Å². The zero-order valence-electron chi connectivity index (χ0n) is 12.9. The highest BCUT2D eigenvalue weighted by Crippen LogP contribution is 2.24. The summed E-state index contributed by atoms with van der Waals surface area (Å²) >= 11 is 0. The van der Waals surface area contributed by atoms with Crippen LogP contribution < -0.4 is 5.32 Å². The number of carbonyl (C=O) groups is 1. The number of aromatic nitrogens is 2. The number of nitrogens with one attached hydrogen (secondary N) is 1. The summed E-state index contributed by atoms with van der Waals surface area (Å²) in [7, 11) is 0. The number of amides is 1. The number of rotatable bonds is 1. The summed E-state index contributed by atoms with van der Waals surface area (Å²) in [4.78, 5) is 23.0. The van der Waals surface area contributed by atoms with Crippen molar-refractivity contribution in [2.45, 2.75) is 31.3 Å². The Hall–Kier alpha value is -1.50. The van der Waals surface area contributed by atoms with Gasteiger partial charge in [0.25, 0.3) is 5.91 Å². The molecule has 0 aliphatic carbocycles. The van der Waals surface area contributed by atoms with Crippen LogP contribution in [-0.4, -0.2) is 45.9 Å². The van der Waals surface area contributed by atoms with E-state index in [9.17, 15) is 9.18 Å². The van der Waals surface area contributed by atoms with Crippen molar-refractivity contribution in [3.05, 3.63) is 35.9 Å². The molecule has 2 unspecified atom stereocenters. The third-order valence-electron chi connectivity index (χ3n) is 4.58. The molecule has 2 aromatic rings. The van der Waals surface area contributed by atoms with Gasteiger partial charge in [0.1, 0.15) is 11.3 Å². The van der Waals surface area contributed by atoms with Crippen LogP contribution in [0.1, 0.15) is 29.6 Å². The number of fused-ring (bicyclic) bond motifs is 3. The van der Waals surface area contributed by atoms with Crippen LogP contribution >= 0.6 is 24.8 Å². The number of benzene rings is 1. The van der Waals surface area contributed by atoms with Gasteiger partial charge in [-0.05, 0) is 25.3 Å². The van der Waals surface area contributed by atoms with E-state index in [1.54, 1.807) is 0 Å². The number of nitrogens with zero attached hydrogens (tertiary/aromatic N) is 3. The monoisotopic (exact) mass is 372 g/mol. The van der Waals surface area contributed by atoms with Gasteiger partial charge in [-0.25, -0.2) is 4.39 Å². The first-order chi connectivity index (χ1) is 10.7. The molecule has 4 rings (SSSR count). The molecule has 2 aliphatic rings. The van der Waals surface area contributed by atoms with Gasteiger partial charge in [0.15, 0.2) is 0 Å². The van der Waals surface area contributed by atoms with Gasteiger partial charge < -0.3 is 10.2 Å². The SMILES string of the molecule is Cl.Cl.O=C(c1cc(F)cc2nccnc12)N1CCC2CCC(C1)N2. The van der Waals surface area contributed by atoms with Crippen molar-refractivity contribution >= 4 is 41.8 Å². The Bertz CT molecular complexity index is 745. The molecule has 24 heavy (non-hydrogen) atoms. The second-order valence-corrected chi connectivity index (χ2v) is 6.06. The maximum Gasteiger partial charge on any atom is 0.256 e. The molecule has 1 amide bonds. The number of halogens is 3. The Morgan fingerprint density at radius 1 is 1.12 bits per heavy atom. The number of hydrogen-bond acceptors (Lipinski definition) is 4. The van der Waals surface area contributed by atoms with Crippen LogP contribution in [0.5, 0.6) is 0 Å². The molecular weight excluding hydrogens is 354 g/mol. The highest BCUT2D eigenvalue weighted by atomic mass is 35.5. The minimum atomic E-state index is -0.453. The van der Waals surface area contributed by atoms with Gasteiger partial charge in [-0.1, -0.05) is 0 Å². The normalized spacial score (nSPS) is 22.5. The van der Waals surface area contributed by atoms with Crippen molar-refractivity contribution in [2.75, 3.05) is 13.1 Å². The van der Waals surface area contributed by atoms with Crippen molar-refractivity contribution in [3.8, 4) is 0 Å². The predicted molar refractivity (Wildman–Crippen MR) is 94.5 cm³/mol. The Morgan fingerprint density at radius 3 is 2.71 bits per heavy atom. The topological polar surface area (TPSA) is 58.1 Å². The molecule has 0 saturated carbocycles. The lowest BCUT2D eigenvalue weighted by Gasteiger charge is -2.24. The fraction of sp³-hybridized carbons (Fsp3) is 0.438. The van der Waals surface area contributed by atoms with E-state index in [1.165, 1.54) is 30.9 Å². The first-order valence-electron chi connectivity index (χ1n) is 7.66. The van der Waals surface area contributed by atoms with Crippen molar-refractivity contribution in [1.29, 1.82) is 0 Å². The van der Waals surface area contributed by atoms with Gasteiger partial charge in [0.05, 0.1) is 11.1 Å². The van der Waals surface area contributed by atoms with Crippen LogP contribution in [0.3, 0.4) is 0 Å². The maximum atomic E-state index is 13.8. The molecule has 0 radical (unpaired) electrons. The molecule has 2 atom stereocenters. The standard InChI is InChI=1S/C16H17FN4O.2ClH/c17-10-7-13(15-14(8-10)18-4-5-19-15)16(22)21-6-3-11-1-2-12(9-21)20-11;;/h4-5,7-8,11-12,20H,1-3,6,9H2;2*1H. The molecule has 5 nitrogen and oxygen atoms in total. The van der Waals surface area contributed by atoms with Crippen LogP contribution in [0.25, 0.3) is 11.0 Å². The average molecular weight is 373 g/mol. The van der Waals surface area contributed by atoms with E-state index in [2.05, 4.69) is 15.3 Å². The Morgan fingerprint density at radius 2 is 1.88 bits per heavy atom. The van der Waals surface area contributed by atoms with Crippen LogP contribution in [0.4, 0.5) is 4.39 Å². The summed E-state index contributed by atoms with van der Waals surface area (Å²) in [6.45, 7) is 1.37. The smallest absolute Gasteiger partial charge is 0.256 e. The molecule has 8 heteroatoms. The van der Waals surface area contributed by atoms with E-state index in [4.69, 9.17) is 0 Å². The minimum absolute atomic E-state index is 0. The average Bonchev–Trinajstić information content (AvgIpc) is 2.85. The summed E-state index contributed by atoms with van der Waals surface area (Å²) in [5.41, 5.74) is 1.19.